The number of piperidine rings is 1. The molecule has 3 aromatic rings. The topological polar surface area (TPSA) is 103 Å². The lowest BCUT2D eigenvalue weighted by molar-refractivity contribution is -0.136. The van der Waals surface area contributed by atoms with Crippen molar-refractivity contribution in [3.05, 3.63) is 59.2 Å². The van der Waals surface area contributed by atoms with Crippen molar-refractivity contribution in [2.75, 3.05) is 31.1 Å². The highest BCUT2D eigenvalue weighted by atomic mass is 32.1. The second-order valence-corrected chi connectivity index (χ2v) is 9.90. The van der Waals surface area contributed by atoms with E-state index in [1.54, 1.807) is 12.1 Å². The van der Waals surface area contributed by atoms with E-state index in [1.165, 1.54) is 21.6 Å². The molecule has 3 aliphatic heterocycles. The highest BCUT2D eigenvalue weighted by Crippen LogP contribution is 2.31. The van der Waals surface area contributed by atoms with Crippen molar-refractivity contribution >= 4 is 51.1 Å². The molecule has 10 heteroatoms. The number of imide groups is 2. The van der Waals surface area contributed by atoms with Crippen molar-refractivity contribution in [1.82, 2.24) is 19.5 Å². The van der Waals surface area contributed by atoms with Gasteiger partial charge in [0.15, 0.2) is 0 Å². The first kappa shape index (κ1) is 21.9. The molecule has 0 spiro atoms. The number of amides is 4. The first-order chi connectivity index (χ1) is 17.0. The minimum Gasteiger partial charge on any atom is -0.353 e. The van der Waals surface area contributed by atoms with Crippen molar-refractivity contribution in [1.29, 1.82) is 0 Å². The van der Waals surface area contributed by atoms with Gasteiger partial charge >= 0.3 is 0 Å². The Morgan fingerprint density at radius 3 is 2.51 bits per heavy atom. The minimum atomic E-state index is -0.946. The van der Waals surface area contributed by atoms with Crippen molar-refractivity contribution in [3.63, 3.8) is 0 Å². The van der Waals surface area contributed by atoms with E-state index in [9.17, 15) is 19.2 Å². The van der Waals surface area contributed by atoms with Crippen LogP contribution in [0.4, 0.5) is 5.82 Å². The molecule has 0 saturated carbocycles. The van der Waals surface area contributed by atoms with Gasteiger partial charge in [-0.05, 0) is 47.8 Å². The quantitative estimate of drug-likeness (QED) is 0.560. The highest BCUT2D eigenvalue weighted by molar-refractivity contribution is 7.13. The SMILES string of the molecule is O=C1CCC(N2C(=O)c3ccc(CN4CCN(c5nsc6ccccc56)CC4)cc3C2=O)C(=O)N1. The third-order valence-electron chi connectivity index (χ3n) is 6.94. The van der Waals surface area contributed by atoms with E-state index in [0.717, 1.165) is 42.5 Å². The Morgan fingerprint density at radius 1 is 0.943 bits per heavy atom. The zero-order chi connectivity index (χ0) is 24.1. The van der Waals surface area contributed by atoms with Gasteiger partial charge in [0.1, 0.15) is 11.9 Å². The van der Waals surface area contributed by atoms with Gasteiger partial charge in [0.05, 0.1) is 15.8 Å². The molecule has 178 valence electrons. The predicted molar refractivity (Wildman–Crippen MR) is 130 cm³/mol. The van der Waals surface area contributed by atoms with Crippen LogP contribution in [0.1, 0.15) is 39.1 Å². The van der Waals surface area contributed by atoms with E-state index >= 15 is 0 Å². The van der Waals surface area contributed by atoms with E-state index in [0.29, 0.717) is 17.7 Å². The Hall–Kier alpha value is -3.63. The zero-order valence-corrected chi connectivity index (χ0v) is 19.7. The molecule has 1 unspecified atom stereocenters. The maximum absolute atomic E-state index is 13.1. The Kier molecular flexibility index (Phi) is 5.34. The minimum absolute atomic E-state index is 0.109. The highest BCUT2D eigenvalue weighted by Gasteiger charge is 2.44. The summed E-state index contributed by atoms with van der Waals surface area (Å²) in [6, 6.07) is 12.6. The number of hydrogen-bond donors (Lipinski definition) is 1. The third-order valence-corrected chi connectivity index (χ3v) is 7.76. The number of benzene rings is 2. The van der Waals surface area contributed by atoms with Crippen LogP contribution in [-0.2, 0) is 16.1 Å². The number of nitrogens with one attached hydrogen (secondary N) is 1. The van der Waals surface area contributed by atoms with Crippen molar-refractivity contribution in [2.45, 2.75) is 25.4 Å². The fourth-order valence-electron chi connectivity index (χ4n) is 5.09. The van der Waals surface area contributed by atoms with Gasteiger partial charge in [-0.25, -0.2) is 0 Å². The first-order valence-corrected chi connectivity index (χ1v) is 12.4. The molecule has 4 heterocycles. The van der Waals surface area contributed by atoms with Crippen LogP contribution in [0, 0.1) is 0 Å². The molecular formula is C25H23N5O4S. The fraction of sp³-hybridized carbons (Fsp3) is 0.320. The number of carbonyl (C=O) groups excluding carboxylic acids is 4. The second kappa shape index (κ2) is 8.54. The van der Waals surface area contributed by atoms with Gasteiger partial charge in [0, 0.05) is 44.5 Å². The number of aromatic nitrogens is 1. The number of fused-ring (bicyclic) bond motifs is 2. The van der Waals surface area contributed by atoms with E-state index in [1.807, 2.05) is 18.2 Å². The lowest BCUT2D eigenvalue weighted by Gasteiger charge is -2.35. The Labute approximate surface area is 205 Å². The van der Waals surface area contributed by atoms with Crippen LogP contribution in [0.3, 0.4) is 0 Å². The number of carbonyl (C=O) groups is 4. The molecule has 6 rings (SSSR count). The average Bonchev–Trinajstić information content (AvgIpc) is 3.39. The van der Waals surface area contributed by atoms with E-state index < -0.39 is 23.8 Å². The van der Waals surface area contributed by atoms with Gasteiger partial charge in [-0.15, -0.1) is 0 Å². The van der Waals surface area contributed by atoms with Gasteiger partial charge in [-0.2, -0.15) is 4.37 Å². The van der Waals surface area contributed by atoms with E-state index in [4.69, 9.17) is 0 Å². The number of anilines is 1. The molecule has 1 atom stereocenters. The van der Waals surface area contributed by atoms with Crippen LogP contribution < -0.4 is 10.2 Å². The van der Waals surface area contributed by atoms with Crippen LogP contribution in [-0.4, -0.2) is 70.0 Å². The predicted octanol–water partition coefficient (Wildman–Crippen LogP) is 2.02. The lowest BCUT2D eigenvalue weighted by atomic mass is 10.0. The fourth-order valence-corrected chi connectivity index (χ4v) is 5.89. The summed E-state index contributed by atoms with van der Waals surface area (Å²) in [5.74, 6) is -0.882. The van der Waals surface area contributed by atoms with Crippen molar-refractivity contribution < 1.29 is 19.2 Å². The monoisotopic (exact) mass is 489 g/mol. The standard InChI is InChI=1S/C25H23N5O4S/c31-21-8-7-19(23(32)26-21)30-24(33)16-6-5-15(13-18(16)25(30)34)14-28-9-11-29(12-10-28)22-17-3-1-2-4-20(17)35-27-22/h1-6,13,19H,7-12,14H2,(H,26,31,32). The summed E-state index contributed by atoms with van der Waals surface area (Å²) in [6.45, 7) is 4.11. The van der Waals surface area contributed by atoms with E-state index in [-0.39, 0.29) is 18.7 Å². The molecule has 4 amide bonds. The summed E-state index contributed by atoms with van der Waals surface area (Å²) < 4.78 is 5.85. The van der Waals surface area contributed by atoms with Gasteiger partial charge in [-0.3, -0.25) is 34.3 Å². The smallest absolute Gasteiger partial charge is 0.262 e. The maximum atomic E-state index is 13.1. The number of piperazine rings is 1. The largest absolute Gasteiger partial charge is 0.353 e. The molecule has 9 nitrogen and oxygen atoms in total. The van der Waals surface area contributed by atoms with Crippen LogP contribution in [0.2, 0.25) is 0 Å². The Bertz CT molecular complexity index is 1380. The van der Waals surface area contributed by atoms with E-state index in [2.05, 4.69) is 31.6 Å². The summed E-state index contributed by atoms with van der Waals surface area (Å²) in [5.41, 5.74) is 1.58. The van der Waals surface area contributed by atoms with Crippen LogP contribution in [0.25, 0.3) is 10.1 Å². The second-order valence-electron chi connectivity index (χ2n) is 9.09. The van der Waals surface area contributed by atoms with Crippen molar-refractivity contribution in [2.24, 2.45) is 0 Å². The molecule has 1 N–H and O–H groups in total. The zero-order valence-electron chi connectivity index (χ0n) is 18.9. The van der Waals surface area contributed by atoms with Gasteiger partial charge in [0.25, 0.3) is 11.8 Å². The lowest BCUT2D eigenvalue weighted by Crippen LogP contribution is -2.54. The maximum Gasteiger partial charge on any atom is 0.262 e. The summed E-state index contributed by atoms with van der Waals surface area (Å²) in [5, 5.41) is 3.41. The molecule has 1 aromatic heterocycles. The summed E-state index contributed by atoms with van der Waals surface area (Å²) in [6.07, 6.45) is 0.263. The summed E-state index contributed by atoms with van der Waals surface area (Å²) in [7, 11) is 0. The Morgan fingerprint density at radius 2 is 1.71 bits per heavy atom. The molecule has 3 aliphatic rings. The third kappa shape index (κ3) is 3.78. The van der Waals surface area contributed by atoms with Crippen molar-refractivity contribution in [3.8, 4) is 0 Å². The normalized spacial score (nSPS) is 21.1. The van der Waals surface area contributed by atoms with Crippen LogP contribution >= 0.6 is 11.5 Å². The summed E-state index contributed by atoms with van der Waals surface area (Å²) >= 11 is 1.52. The van der Waals surface area contributed by atoms with Gasteiger partial charge in [0.2, 0.25) is 11.8 Å². The molecule has 0 bridgehead atoms. The summed E-state index contributed by atoms with van der Waals surface area (Å²) in [4.78, 5) is 55.3. The molecule has 2 fully saturated rings. The number of hydrogen-bond acceptors (Lipinski definition) is 8. The van der Waals surface area contributed by atoms with Crippen LogP contribution in [0.5, 0.6) is 0 Å². The molecule has 2 saturated heterocycles. The van der Waals surface area contributed by atoms with Crippen LogP contribution in [0.15, 0.2) is 42.5 Å². The van der Waals surface area contributed by atoms with Gasteiger partial charge in [-0.1, -0.05) is 18.2 Å². The molecule has 35 heavy (non-hydrogen) atoms. The molecule has 0 aliphatic carbocycles. The molecule has 0 radical (unpaired) electrons. The average molecular weight is 490 g/mol. The number of nitrogens with zero attached hydrogens (tertiary/aromatic N) is 4. The number of rotatable bonds is 4. The molecular weight excluding hydrogens is 466 g/mol. The van der Waals surface area contributed by atoms with Gasteiger partial charge < -0.3 is 4.90 Å². The first-order valence-electron chi connectivity index (χ1n) is 11.7. The Balaban J connectivity index is 1.13. The molecule has 2 aromatic carbocycles.